The van der Waals surface area contributed by atoms with Crippen molar-refractivity contribution >= 4 is 28.5 Å². The van der Waals surface area contributed by atoms with Gasteiger partial charge in [-0.15, -0.1) is 0 Å². The highest BCUT2D eigenvalue weighted by molar-refractivity contribution is 7.09. The second kappa shape index (κ2) is 10.2. The van der Waals surface area contributed by atoms with Gasteiger partial charge in [0.05, 0.1) is 6.26 Å². The number of guanidine groups is 1. The lowest BCUT2D eigenvalue weighted by atomic mass is 10.3. The van der Waals surface area contributed by atoms with Crippen LogP contribution in [0.15, 0.2) is 27.8 Å². The molecule has 29 heavy (non-hydrogen) atoms. The molecule has 0 unspecified atom stereocenters. The van der Waals surface area contributed by atoms with Crippen molar-refractivity contribution in [2.24, 2.45) is 4.99 Å². The van der Waals surface area contributed by atoms with Crippen LogP contribution in [0.3, 0.4) is 0 Å². The number of aromatic nitrogens is 2. The molecular weight excluding hydrogens is 390 g/mol. The van der Waals surface area contributed by atoms with Gasteiger partial charge in [-0.05, 0) is 12.1 Å². The van der Waals surface area contributed by atoms with Gasteiger partial charge < -0.3 is 24.4 Å². The van der Waals surface area contributed by atoms with Gasteiger partial charge in [0.15, 0.2) is 5.96 Å². The largest absolute Gasteiger partial charge is 0.469 e. The van der Waals surface area contributed by atoms with E-state index in [0.717, 1.165) is 61.7 Å². The minimum atomic E-state index is -0.0186. The van der Waals surface area contributed by atoms with Gasteiger partial charge in [-0.2, -0.15) is 4.37 Å². The van der Waals surface area contributed by atoms with Gasteiger partial charge in [0.1, 0.15) is 18.1 Å². The first-order valence-electron chi connectivity index (χ1n) is 9.90. The van der Waals surface area contributed by atoms with Gasteiger partial charge in [-0.3, -0.25) is 4.79 Å². The fourth-order valence-corrected chi connectivity index (χ4v) is 3.73. The molecule has 0 aromatic carbocycles. The van der Waals surface area contributed by atoms with Crippen LogP contribution in [0.4, 0.5) is 5.13 Å². The van der Waals surface area contributed by atoms with Crippen LogP contribution in [0.25, 0.3) is 0 Å². The zero-order valence-corrected chi connectivity index (χ0v) is 18.1. The summed E-state index contributed by atoms with van der Waals surface area (Å²) in [5.74, 6) is 2.57. The molecular formula is C19H29N7O2S. The number of hydrogen-bond donors (Lipinski definition) is 1. The maximum atomic E-state index is 12.0. The normalized spacial score (nSPS) is 14.9. The van der Waals surface area contributed by atoms with E-state index >= 15 is 0 Å². The fourth-order valence-electron chi connectivity index (χ4n) is 2.93. The maximum Gasteiger partial charge on any atom is 0.243 e. The average molecular weight is 420 g/mol. The lowest BCUT2D eigenvalue weighted by Gasteiger charge is -2.36. The molecule has 2 aromatic rings. The first-order valence-corrected chi connectivity index (χ1v) is 10.7. The van der Waals surface area contributed by atoms with Gasteiger partial charge >= 0.3 is 0 Å². The van der Waals surface area contributed by atoms with E-state index in [-0.39, 0.29) is 12.5 Å². The molecule has 10 heteroatoms. The zero-order chi connectivity index (χ0) is 20.6. The Bertz CT molecular complexity index is 795. The number of hydrogen-bond acceptors (Lipinski definition) is 7. The molecule has 0 atom stereocenters. The van der Waals surface area contributed by atoms with E-state index in [1.807, 2.05) is 12.1 Å². The van der Waals surface area contributed by atoms with Gasteiger partial charge in [-0.25, -0.2) is 9.98 Å². The number of likely N-dealkylation sites (N-methyl/N-ethyl adjacent to an activating group) is 1. The van der Waals surface area contributed by atoms with Crippen LogP contribution >= 0.6 is 11.5 Å². The Kier molecular flexibility index (Phi) is 7.45. The number of aliphatic imine (C=N–C) groups is 1. The van der Waals surface area contributed by atoms with E-state index < -0.39 is 0 Å². The zero-order valence-electron chi connectivity index (χ0n) is 17.3. The average Bonchev–Trinajstić information content (AvgIpc) is 3.42. The number of carbonyl (C=O) groups excluding carboxylic acids is 1. The summed E-state index contributed by atoms with van der Waals surface area (Å²) < 4.78 is 9.77. The number of nitrogens with zero attached hydrogens (tertiary/aromatic N) is 6. The summed E-state index contributed by atoms with van der Waals surface area (Å²) >= 11 is 1.46. The van der Waals surface area contributed by atoms with Crippen molar-refractivity contribution in [2.75, 3.05) is 58.3 Å². The first kappa shape index (κ1) is 21.1. The molecule has 0 spiro atoms. The molecule has 0 saturated carbocycles. The Labute approximate surface area is 175 Å². The van der Waals surface area contributed by atoms with E-state index in [4.69, 9.17) is 4.42 Å². The number of carbonyl (C=O) groups is 1. The van der Waals surface area contributed by atoms with Crippen molar-refractivity contribution < 1.29 is 9.21 Å². The molecule has 1 aliphatic rings. The molecule has 1 fully saturated rings. The monoisotopic (exact) mass is 419 g/mol. The number of amides is 1. The van der Waals surface area contributed by atoms with Gasteiger partial charge in [0, 0.05) is 71.2 Å². The third-order valence-corrected chi connectivity index (χ3v) is 5.54. The van der Waals surface area contributed by atoms with Crippen molar-refractivity contribution in [2.45, 2.75) is 19.8 Å². The van der Waals surface area contributed by atoms with Crippen LogP contribution in [0.1, 0.15) is 18.5 Å². The number of furan rings is 1. The number of aryl methyl sites for hydroxylation is 1. The van der Waals surface area contributed by atoms with Crippen LogP contribution in [-0.4, -0.2) is 84.4 Å². The third kappa shape index (κ3) is 5.93. The molecule has 3 heterocycles. The lowest BCUT2D eigenvalue weighted by Crippen LogP contribution is -2.53. The van der Waals surface area contributed by atoms with Gasteiger partial charge in [-0.1, -0.05) is 6.92 Å². The predicted molar refractivity (Wildman–Crippen MR) is 114 cm³/mol. The Morgan fingerprint density at radius 3 is 2.76 bits per heavy atom. The number of rotatable bonds is 7. The van der Waals surface area contributed by atoms with Crippen LogP contribution in [0, 0.1) is 0 Å². The van der Waals surface area contributed by atoms with E-state index in [0.29, 0.717) is 6.54 Å². The minimum Gasteiger partial charge on any atom is -0.469 e. The highest BCUT2D eigenvalue weighted by Crippen LogP contribution is 2.19. The summed E-state index contributed by atoms with van der Waals surface area (Å²) in [5, 5.41) is 4.37. The van der Waals surface area contributed by atoms with Crippen LogP contribution in [-0.2, 0) is 17.6 Å². The fraction of sp³-hybridized carbons (Fsp3) is 0.579. The first-order chi connectivity index (χ1) is 14.1. The summed E-state index contributed by atoms with van der Waals surface area (Å²) in [5.41, 5.74) is 0. The Morgan fingerprint density at radius 1 is 1.34 bits per heavy atom. The maximum absolute atomic E-state index is 12.0. The van der Waals surface area contributed by atoms with Crippen molar-refractivity contribution in [3.8, 4) is 0 Å². The number of anilines is 1. The third-order valence-electron chi connectivity index (χ3n) is 4.72. The molecule has 1 aliphatic heterocycles. The Balaban J connectivity index is 1.59. The molecule has 0 bridgehead atoms. The van der Waals surface area contributed by atoms with Crippen molar-refractivity contribution in [1.82, 2.24) is 24.5 Å². The molecule has 158 valence electrons. The second-order valence-corrected chi connectivity index (χ2v) is 7.74. The standard InChI is InChI=1S/C19H29N7O2S/c1-4-16-22-19(29-23-16)26-11-9-25(10-12-26)18(21-14-17(27)24(2)3)20-8-7-15-6-5-13-28-15/h5-6,13H,4,7-12,14H2,1-3H3,(H,20,21). The second-order valence-electron chi connectivity index (χ2n) is 7.00. The van der Waals surface area contributed by atoms with E-state index in [9.17, 15) is 4.79 Å². The van der Waals surface area contributed by atoms with Gasteiger partial charge in [0.2, 0.25) is 11.0 Å². The quantitative estimate of drug-likeness (QED) is 0.531. The Morgan fingerprint density at radius 2 is 2.14 bits per heavy atom. The minimum absolute atomic E-state index is 0.0186. The molecule has 1 N–H and O–H groups in total. The number of nitrogens with one attached hydrogen (secondary N) is 1. The summed E-state index contributed by atoms with van der Waals surface area (Å²) in [6.07, 6.45) is 3.29. The highest BCUT2D eigenvalue weighted by atomic mass is 32.1. The van der Waals surface area contributed by atoms with Crippen molar-refractivity contribution in [3.05, 3.63) is 30.0 Å². The predicted octanol–water partition coefficient (Wildman–Crippen LogP) is 1.09. The number of piperazine rings is 1. The topological polar surface area (TPSA) is 90.1 Å². The molecule has 0 radical (unpaired) electrons. The van der Waals surface area contributed by atoms with Crippen molar-refractivity contribution in [3.63, 3.8) is 0 Å². The summed E-state index contributed by atoms with van der Waals surface area (Å²) in [7, 11) is 3.49. The SMILES string of the molecule is CCc1nsc(N2CCN(C(=NCC(=O)N(C)C)NCCc3ccco3)CC2)n1. The Hall–Kier alpha value is -2.62. The molecule has 9 nitrogen and oxygen atoms in total. The van der Waals surface area contributed by atoms with Crippen LogP contribution < -0.4 is 10.2 Å². The van der Waals surface area contributed by atoms with E-state index in [1.54, 1.807) is 25.3 Å². The van der Waals surface area contributed by atoms with E-state index in [2.05, 4.69) is 36.4 Å². The van der Waals surface area contributed by atoms with Gasteiger partial charge in [0.25, 0.3) is 0 Å². The molecule has 3 rings (SSSR count). The highest BCUT2D eigenvalue weighted by Gasteiger charge is 2.22. The molecule has 1 amide bonds. The lowest BCUT2D eigenvalue weighted by molar-refractivity contribution is -0.127. The molecule has 0 aliphatic carbocycles. The smallest absolute Gasteiger partial charge is 0.243 e. The molecule has 2 aromatic heterocycles. The summed E-state index contributed by atoms with van der Waals surface area (Å²) in [6, 6.07) is 3.84. The van der Waals surface area contributed by atoms with Crippen LogP contribution in [0.2, 0.25) is 0 Å². The summed E-state index contributed by atoms with van der Waals surface area (Å²) in [4.78, 5) is 27.2. The summed E-state index contributed by atoms with van der Waals surface area (Å²) in [6.45, 7) is 6.20. The molecule has 1 saturated heterocycles. The van der Waals surface area contributed by atoms with Crippen molar-refractivity contribution in [1.29, 1.82) is 0 Å². The van der Waals surface area contributed by atoms with E-state index in [1.165, 1.54) is 11.5 Å². The van der Waals surface area contributed by atoms with Crippen LogP contribution in [0.5, 0.6) is 0 Å².